The summed E-state index contributed by atoms with van der Waals surface area (Å²) >= 11 is 0. The van der Waals surface area contributed by atoms with E-state index >= 15 is 0 Å². The molecule has 0 fully saturated rings. The Kier molecular flexibility index (Phi) is 6.46. The van der Waals surface area contributed by atoms with Gasteiger partial charge >= 0.3 is 0 Å². The van der Waals surface area contributed by atoms with Gasteiger partial charge in [0.2, 0.25) is 5.91 Å². The summed E-state index contributed by atoms with van der Waals surface area (Å²) in [5, 5.41) is 5.92. The van der Waals surface area contributed by atoms with E-state index in [0.29, 0.717) is 13.0 Å². The molecule has 0 saturated carbocycles. The Hall–Kier alpha value is -1.91. The molecule has 0 aliphatic carbocycles. The minimum absolute atomic E-state index is 0.0435. The van der Waals surface area contributed by atoms with Crippen LogP contribution >= 0.6 is 0 Å². The molecular weight excluding hydrogens is 230 g/mol. The maximum atomic E-state index is 11.3. The molecule has 1 rings (SSSR count). The molecule has 0 aliphatic heterocycles. The minimum atomic E-state index is -0.0666. The first-order valence-corrected chi connectivity index (χ1v) is 6.09. The van der Waals surface area contributed by atoms with Crippen molar-refractivity contribution in [1.82, 2.24) is 10.3 Å². The van der Waals surface area contributed by atoms with Crippen molar-refractivity contribution in [2.24, 2.45) is 0 Å². The summed E-state index contributed by atoms with van der Waals surface area (Å²) < 4.78 is 0. The number of hydrogen-bond acceptors (Lipinski definition) is 4. The molecule has 5 nitrogen and oxygen atoms in total. The summed E-state index contributed by atoms with van der Waals surface area (Å²) in [6.07, 6.45) is 3.15. The molecule has 0 saturated heterocycles. The van der Waals surface area contributed by atoms with Gasteiger partial charge in [-0.3, -0.25) is 4.79 Å². The molecule has 1 aromatic rings. The van der Waals surface area contributed by atoms with Crippen LogP contribution in [-0.4, -0.2) is 29.8 Å². The first-order chi connectivity index (χ1) is 8.68. The van der Waals surface area contributed by atoms with Gasteiger partial charge in [0.25, 0.3) is 0 Å². The number of nitrogens with zero attached hydrogens (tertiary/aromatic N) is 1. The van der Waals surface area contributed by atoms with Crippen LogP contribution in [0.2, 0.25) is 0 Å². The second-order valence-corrected chi connectivity index (χ2v) is 4.05. The van der Waals surface area contributed by atoms with E-state index in [-0.39, 0.29) is 18.1 Å². The van der Waals surface area contributed by atoms with Crippen LogP contribution in [0.15, 0.2) is 24.4 Å². The van der Waals surface area contributed by atoms with Gasteiger partial charge in [0.1, 0.15) is 11.6 Å². The molecule has 0 spiro atoms. The van der Waals surface area contributed by atoms with Gasteiger partial charge in [-0.1, -0.05) is 6.07 Å². The van der Waals surface area contributed by atoms with E-state index in [2.05, 4.69) is 15.6 Å². The molecule has 2 N–H and O–H groups in total. The summed E-state index contributed by atoms with van der Waals surface area (Å²) in [5.74, 6) is 0.811. The Balaban J connectivity index is 2.02. The van der Waals surface area contributed by atoms with E-state index in [1.807, 2.05) is 18.2 Å². The summed E-state index contributed by atoms with van der Waals surface area (Å²) in [4.78, 5) is 26.1. The topological polar surface area (TPSA) is 71.1 Å². The van der Waals surface area contributed by atoms with Gasteiger partial charge in [-0.05, 0) is 25.5 Å². The van der Waals surface area contributed by atoms with E-state index in [0.717, 1.165) is 18.8 Å². The van der Waals surface area contributed by atoms with Crippen LogP contribution in [0.25, 0.3) is 0 Å². The molecule has 1 amide bonds. The van der Waals surface area contributed by atoms with Gasteiger partial charge in [0.15, 0.2) is 0 Å². The number of carbonyl (C=O) groups excluding carboxylic acids is 2. The third-order valence-electron chi connectivity index (χ3n) is 2.35. The Bertz CT molecular complexity index is 379. The second kappa shape index (κ2) is 8.22. The lowest BCUT2D eigenvalue weighted by atomic mass is 10.2. The van der Waals surface area contributed by atoms with Crippen LogP contribution in [0.4, 0.5) is 5.82 Å². The lowest BCUT2D eigenvalue weighted by Gasteiger charge is -2.06. The van der Waals surface area contributed by atoms with E-state index in [1.54, 1.807) is 6.20 Å². The van der Waals surface area contributed by atoms with Crippen LogP contribution in [0.5, 0.6) is 0 Å². The predicted molar refractivity (Wildman–Crippen MR) is 70.3 cm³/mol. The van der Waals surface area contributed by atoms with Crippen molar-refractivity contribution in [2.75, 3.05) is 18.4 Å². The first kappa shape index (κ1) is 14.2. The average molecular weight is 249 g/mol. The number of rotatable bonds is 8. The number of Topliss-reactive ketones (excluding diaryl/α,β-unsaturated/α-hetero) is 1. The number of ketones is 1. The zero-order chi connectivity index (χ0) is 13.2. The van der Waals surface area contributed by atoms with Gasteiger partial charge in [-0.15, -0.1) is 0 Å². The predicted octanol–water partition coefficient (Wildman–Crippen LogP) is 1.37. The van der Waals surface area contributed by atoms with Crippen LogP contribution < -0.4 is 10.6 Å². The Morgan fingerprint density at radius 3 is 2.72 bits per heavy atom. The van der Waals surface area contributed by atoms with E-state index in [4.69, 9.17) is 0 Å². The van der Waals surface area contributed by atoms with E-state index in [9.17, 15) is 9.59 Å². The lowest BCUT2D eigenvalue weighted by Crippen LogP contribution is -2.26. The highest BCUT2D eigenvalue weighted by Crippen LogP contribution is 1.99. The molecule has 5 heteroatoms. The van der Waals surface area contributed by atoms with Crippen molar-refractivity contribution < 1.29 is 9.59 Å². The maximum absolute atomic E-state index is 11.3. The number of hydrogen-bond donors (Lipinski definition) is 2. The van der Waals surface area contributed by atoms with Gasteiger partial charge in [0, 0.05) is 32.1 Å². The summed E-state index contributed by atoms with van der Waals surface area (Å²) in [5.41, 5.74) is 0. The second-order valence-electron chi connectivity index (χ2n) is 4.05. The number of anilines is 1. The Morgan fingerprint density at radius 1 is 1.22 bits per heavy atom. The number of aromatic nitrogens is 1. The average Bonchev–Trinajstić information content (AvgIpc) is 2.37. The molecule has 1 aromatic heterocycles. The van der Waals surface area contributed by atoms with Crippen molar-refractivity contribution in [3.05, 3.63) is 24.4 Å². The molecule has 0 atom stereocenters. The number of nitrogens with one attached hydrogen (secondary N) is 2. The molecule has 0 radical (unpaired) electrons. The fourth-order valence-electron chi connectivity index (χ4n) is 1.38. The molecule has 1 heterocycles. The van der Waals surface area contributed by atoms with Crippen LogP contribution in [0.1, 0.15) is 26.2 Å². The van der Waals surface area contributed by atoms with Crippen molar-refractivity contribution in [1.29, 1.82) is 0 Å². The SMILES string of the molecule is CC(=O)CCC(=O)NCCCNc1ccccn1. The van der Waals surface area contributed by atoms with Gasteiger partial charge in [-0.25, -0.2) is 4.98 Å². The monoisotopic (exact) mass is 249 g/mol. The van der Waals surface area contributed by atoms with Gasteiger partial charge < -0.3 is 15.4 Å². The molecule has 18 heavy (non-hydrogen) atoms. The number of amides is 1. The number of carbonyl (C=O) groups is 2. The Morgan fingerprint density at radius 2 is 2.06 bits per heavy atom. The largest absolute Gasteiger partial charge is 0.370 e. The molecule has 0 aromatic carbocycles. The van der Waals surface area contributed by atoms with Crippen LogP contribution in [0, 0.1) is 0 Å². The van der Waals surface area contributed by atoms with Gasteiger partial charge in [0.05, 0.1) is 0 Å². The van der Waals surface area contributed by atoms with E-state index < -0.39 is 0 Å². The molecule has 0 aliphatic rings. The molecule has 0 unspecified atom stereocenters. The highest BCUT2D eigenvalue weighted by Gasteiger charge is 2.02. The molecular formula is C13H19N3O2. The molecule has 0 bridgehead atoms. The van der Waals surface area contributed by atoms with Crippen molar-refractivity contribution >= 4 is 17.5 Å². The smallest absolute Gasteiger partial charge is 0.220 e. The highest BCUT2D eigenvalue weighted by molar-refractivity contribution is 5.83. The lowest BCUT2D eigenvalue weighted by molar-refractivity contribution is -0.124. The van der Waals surface area contributed by atoms with Gasteiger partial charge in [-0.2, -0.15) is 0 Å². The quantitative estimate of drug-likeness (QED) is 0.683. The summed E-state index contributed by atoms with van der Waals surface area (Å²) in [6.45, 7) is 2.85. The standard InChI is InChI=1S/C13H19N3O2/c1-11(17)6-7-13(18)16-10-4-9-15-12-5-2-3-8-14-12/h2-3,5,8H,4,6-7,9-10H2,1H3,(H,14,15)(H,16,18). The zero-order valence-electron chi connectivity index (χ0n) is 10.6. The van der Waals surface area contributed by atoms with E-state index in [1.165, 1.54) is 6.92 Å². The Labute approximate surface area is 107 Å². The summed E-state index contributed by atoms with van der Waals surface area (Å²) in [6, 6.07) is 5.67. The van der Waals surface area contributed by atoms with Crippen molar-refractivity contribution in [2.45, 2.75) is 26.2 Å². The zero-order valence-corrected chi connectivity index (χ0v) is 10.6. The van der Waals surface area contributed by atoms with Crippen molar-refractivity contribution in [3.63, 3.8) is 0 Å². The summed E-state index contributed by atoms with van der Waals surface area (Å²) in [7, 11) is 0. The normalized spacial score (nSPS) is 9.83. The highest BCUT2D eigenvalue weighted by atomic mass is 16.2. The maximum Gasteiger partial charge on any atom is 0.220 e. The first-order valence-electron chi connectivity index (χ1n) is 6.09. The number of pyridine rings is 1. The fourth-order valence-corrected chi connectivity index (χ4v) is 1.38. The fraction of sp³-hybridized carbons (Fsp3) is 0.462. The van der Waals surface area contributed by atoms with Crippen LogP contribution in [0.3, 0.4) is 0 Å². The molecule has 98 valence electrons. The van der Waals surface area contributed by atoms with Crippen LogP contribution in [-0.2, 0) is 9.59 Å². The van der Waals surface area contributed by atoms with Crippen molar-refractivity contribution in [3.8, 4) is 0 Å². The third-order valence-corrected chi connectivity index (χ3v) is 2.35. The third kappa shape index (κ3) is 6.62. The minimum Gasteiger partial charge on any atom is -0.370 e.